The fourth-order valence-corrected chi connectivity index (χ4v) is 5.00. The van der Waals surface area contributed by atoms with E-state index in [1.807, 2.05) is 0 Å². The molecule has 0 aromatic rings. The Morgan fingerprint density at radius 1 is 1.24 bits per heavy atom. The maximum atomic E-state index is 11.3. The topological polar surface area (TPSA) is 86.1 Å². The smallest absolute Gasteiger partial charge is 0.313 e. The summed E-state index contributed by atoms with van der Waals surface area (Å²) in [6.45, 7) is 0. The van der Waals surface area contributed by atoms with E-state index in [4.69, 9.17) is 5.53 Å². The minimum atomic E-state index is -0.940. The molecular weight excluding hydrogens is 218 g/mol. The number of carboxylic acid groups (broad SMARTS) is 1. The van der Waals surface area contributed by atoms with E-state index in [9.17, 15) is 9.90 Å². The number of nitrogens with zero attached hydrogens (tertiary/aromatic N) is 3. The third-order valence-electron chi connectivity index (χ3n) is 5.07. The van der Waals surface area contributed by atoms with Gasteiger partial charge in [0.05, 0.1) is 0 Å². The number of hydrogen-bond donors (Lipinski definition) is 1. The van der Waals surface area contributed by atoms with Crippen molar-refractivity contribution >= 4 is 5.97 Å². The number of hydrogen-bond acceptors (Lipinski definition) is 2. The summed E-state index contributed by atoms with van der Waals surface area (Å²) in [7, 11) is 0. The quantitative estimate of drug-likeness (QED) is 0.463. The molecule has 92 valence electrons. The fourth-order valence-electron chi connectivity index (χ4n) is 5.00. The predicted octanol–water partition coefficient (Wildman–Crippen LogP) is 2.97. The van der Waals surface area contributed by atoms with Gasteiger partial charge in [0.15, 0.2) is 0 Å². The summed E-state index contributed by atoms with van der Waals surface area (Å²) in [4.78, 5) is 14.1. The van der Waals surface area contributed by atoms with Crippen molar-refractivity contribution in [3.63, 3.8) is 0 Å². The van der Waals surface area contributed by atoms with E-state index in [0.717, 1.165) is 19.3 Å². The average Bonchev–Trinajstić information content (AvgIpc) is 2.23. The maximum absolute atomic E-state index is 11.3. The Morgan fingerprint density at radius 2 is 1.71 bits per heavy atom. The third kappa shape index (κ3) is 1.61. The van der Waals surface area contributed by atoms with Crippen molar-refractivity contribution in [3.8, 4) is 0 Å². The second kappa shape index (κ2) is 3.64. The lowest BCUT2D eigenvalue weighted by molar-refractivity contribution is -0.149. The molecule has 4 aliphatic rings. The molecule has 0 aromatic carbocycles. The number of azide groups is 1. The van der Waals surface area contributed by atoms with Crippen molar-refractivity contribution < 1.29 is 9.90 Å². The van der Waals surface area contributed by atoms with Crippen molar-refractivity contribution in [1.82, 2.24) is 0 Å². The summed E-state index contributed by atoms with van der Waals surface area (Å²) in [6, 6.07) is -0.846. The number of carboxylic acids is 1. The van der Waals surface area contributed by atoms with Crippen LogP contribution in [0.5, 0.6) is 0 Å². The summed E-state index contributed by atoms with van der Waals surface area (Å²) in [5.41, 5.74) is 8.35. The van der Waals surface area contributed by atoms with Crippen LogP contribution in [0.4, 0.5) is 0 Å². The van der Waals surface area contributed by atoms with Crippen LogP contribution in [0.15, 0.2) is 5.11 Å². The van der Waals surface area contributed by atoms with Gasteiger partial charge in [-0.05, 0) is 67.2 Å². The van der Waals surface area contributed by atoms with E-state index in [1.54, 1.807) is 0 Å². The largest absolute Gasteiger partial charge is 0.481 e. The summed E-state index contributed by atoms with van der Waals surface area (Å²) >= 11 is 0. The molecule has 0 aromatic heterocycles. The molecule has 0 heterocycles. The van der Waals surface area contributed by atoms with Gasteiger partial charge in [-0.3, -0.25) is 4.79 Å². The number of carbonyl (C=O) groups is 1. The van der Waals surface area contributed by atoms with Crippen molar-refractivity contribution in [1.29, 1.82) is 0 Å². The summed E-state index contributed by atoms with van der Waals surface area (Å²) in [5, 5.41) is 12.9. The van der Waals surface area contributed by atoms with E-state index in [2.05, 4.69) is 10.0 Å². The van der Waals surface area contributed by atoms with Crippen LogP contribution in [0.25, 0.3) is 10.4 Å². The first-order valence-electron chi connectivity index (χ1n) is 6.40. The fraction of sp³-hybridized carbons (Fsp3) is 0.917. The Morgan fingerprint density at radius 3 is 2.06 bits per heavy atom. The molecule has 5 nitrogen and oxygen atoms in total. The highest BCUT2D eigenvalue weighted by Gasteiger charge is 2.55. The van der Waals surface area contributed by atoms with Crippen LogP contribution in [0.1, 0.15) is 38.5 Å². The molecule has 4 saturated carbocycles. The molecule has 4 fully saturated rings. The maximum Gasteiger partial charge on any atom is 0.313 e. The highest BCUT2D eigenvalue weighted by molar-refractivity contribution is 5.75. The van der Waals surface area contributed by atoms with Crippen LogP contribution >= 0.6 is 0 Å². The number of aliphatic carboxylic acids is 1. The Labute approximate surface area is 99.8 Å². The average molecular weight is 235 g/mol. The zero-order valence-electron chi connectivity index (χ0n) is 9.75. The van der Waals surface area contributed by atoms with Crippen LogP contribution in [0.2, 0.25) is 0 Å². The normalized spacial score (nSPS) is 44.1. The van der Waals surface area contributed by atoms with Crippen molar-refractivity contribution in [2.45, 2.75) is 44.6 Å². The molecule has 0 spiro atoms. The van der Waals surface area contributed by atoms with E-state index < -0.39 is 12.0 Å². The Kier molecular flexibility index (Phi) is 2.33. The molecule has 1 atom stereocenters. The van der Waals surface area contributed by atoms with Crippen LogP contribution in [0, 0.1) is 23.2 Å². The van der Waals surface area contributed by atoms with Gasteiger partial charge in [0.1, 0.15) is 6.04 Å². The van der Waals surface area contributed by atoms with Crippen LogP contribution in [0.3, 0.4) is 0 Å². The second-order valence-electron chi connectivity index (χ2n) is 6.23. The standard InChI is InChI=1S/C12H17N3O2/c13-15-14-10(11(16)17)12-4-7-1-8(5-12)3-9(2-7)6-12/h7-10H,1-6H2,(H,16,17). The van der Waals surface area contributed by atoms with Crippen LogP contribution in [-0.4, -0.2) is 17.1 Å². The van der Waals surface area contributed by atoms with E-state index in [-0.39, 0.29) is 5.41 Å². The Balaban J connectivity index is 1.94. The first kappa shape index (κ1) is 10.9. The SMILES string of the molecule is [N-]=[N+]=NC(C(=O)O)C12CC3CC(CC(C3)C1)C2. The van der Waals surface area contributed by atoms with Crippen LogP contribution < -0.4 is 0 Å². The first-order chi connectivity index (χ1) is 8.13. The highest BCUT2D eigenvalue weighted by Crippen LogP contribution is 2.61. The molecule has 0 amide bonds. The highest BCUT2D eigenvalue weighted by atomic mass is 16.4. The lowest BCUT2D eigenvalue weighted by Crippen LogP contribution is -2.53. The van der Waals surface area contributed by atoms with Gasteiger partial charge in [0.25, 0.3) is 0 Å². The molecule has 1 unspecified atom stereocenters. The molecule has 0 saturated heterocycles. The minimum Gasteiger partial charge on any atom is -0.481 e. The molecule has 0 aliphatic heterocycles. The molecule has 1 N–H and O–H groups in total. The molecule has 4 rings (SSSR count). The third-order valence-corrected chi connectivity index (χ3v) is 5.07. The van der Waals surface area contributed by atoms with Gasteiger partial charge in [-0.15, -0.1) is 0 Å². The minimum absolute atomic E-state index is 0.229. The van der Waals surface area contributed by atoms with Crippen molar-refractivity contribution in [3.05, 3.63) is 10.4 Å². The van der Waals surface area contributed by atoms with Crippen molar-refractivity contribution in [2.75, 3.05) is 0 Å². The summed E-state index contributed by atoms with van der Waals surface area (Å²) < 4.78 is 0. The van der Waals surface area contributed by atoms with Gasteiger partial charge in [-0.25, -0.2) is 0 Å². The second-order valence-corrected chi connectivity index (χ2v) is 6.23. The van der Waals surface area contributed by atoms with E-state index in [1.165, 1.54) is 19.3 Å². The van der Waals surface area contributed by atoms with Gasteiger partial charge in [0, 0.05) is 4.91 Å². The van der Waals surface area contributed by atoms with E-state index in [0.29, 0.717) is 17.8 Å². The van der Waals surface area contributed by atoms with Crippen LogP contribution in [-0.2, 0) is 4.79 Å². The van der Waals surface area contributed by atoms with Gasteiger partial charge in [-0.2, -0.15) is 0 Å². The number of rotatable bonds is 3. The predicted molar refractivity (Wildman–Crippen MR) is 61.2 cm³/mol. The van der Waals surface area contributed by atoms with Gasteiger partial charge in [0.2, 0.25) is 0 Å². The monoisotopic (exact) mass is 235 g/mol. The molecule has 5 heteroatoms. The Bertz CT molecular complexity index is 363. The molecule has 4 aliphatic carbocycles. The van der Waals surface area contributed by atoms with Crippen molar-refractivity contribution in [2.24, 2.45) is 28.3 Å². The lowest BCUT2D eigenvalue weighted by atomic mass is 9.48. The molecule has 4 bridgehead atoms. The lowest BCUT2D eigenvalue weighted by Gasteiger charge is -2.58. The van der Waals surface area contributed by atoms with Gasteiger partial charge in [-0.1, -0.05) is 5.11 Å². The van der Waals surface area contributed by atoms with Gasteiger partial charge >= 0.3 is 5.97 Å². The zero-order chi connectivity index (χ0) is 12.0. The van der Waals surface area contributed by atoms with Gasteiger partial charge < -0.3 is 5.11 Å². The van der Waals surface area contributed by atoms with E-state index >= 15 is 0 Å². The Hall–Kier alpha value is -1.22. The summed E-state index contributed by atoms with van der Waals surface area (Å²) in [5.74, 6) is 1.09. The zero-order valence-corrected chi connectivity index (χ0v) is 9.75. The summed E-state index contributed by atoms with van der Waals surface area (Å²) in [6.07, 6.45) is 6.66. The first-order valence-corrected chi connectivity index (χ1v) is 6.40. The molecule has 17 heavy (non-hydrogen) atoms. The molecular formula is C12H17N3O2. The molecule has 0 radical (unpaired) electrons.